The van der Waals surface area contributed by atoms with E-state index in [9.17, 15) is 4.39 Å². The summed E-state index contributed by atoms with van der Waals surface area (Å²) in [7, 11) is 0. The van der Waals surface area contributed by atoms with Gasteiger partial charge in [-0.2, -0.15) is 0 Å². The molecule has 1 aliphatic carbocycles. The second kappa shape index (κ2) is 4.57. The molecular weight excluding hydrogens is 294 g/mol. The second-order valence-electron chi connectivity index (χ2n) is 3.53. The van der Waals surface area contributed by atoms with E-state index in [0.717, 1.165) is 9.99 Å². The molecule has 0 amide bonds. The first-order chi connectivity index (χ1) is 6.79. The average molecular weight is 306 g/mol. The van der Waals surface area contributed by atoms with Crippen LogP contribution in [0.3, 0.4) is 0 Å². The number of alkyl halides is 1. The van der Waals surface area contributed by atoms with Crippen molar-refractivity contribution in [3.8, 4) is 0 Å². The van der Waals surface area contributed by atoms with Gasteiger partial charge >= 0.3 is 0 Å². The van der Waals surface area contributed by atoms with Gasteiger partial charge in [0, 0.05) is 4.43 Å². The fourth-order valence-corrected chi connectivity index (χ4v) is 2.03. The lowest BCUT2D eigenvalue weighted by Crippen LogP contribution is -2.07. The molecule has 0 aromatic heterocycles. The van der Waals surface area contributed by atoms with Crippen LogP contribution in [0.5, 0.6) is 0 Å². The predicted molar refractivity (Wildman–Crippen MR) is 62.1 cm³/mol. The molecule has 1 atom stereocenters. The third-order valence-electron chi connectivity index (χ3n) is 2.26. The highest BCUT2D eigenvalue weighted by Gasteiger charge is 2.26. The normalized spacial score (nSPS) is 18.1. The fraction of sp³-hybridized carbons (Fsp3) is 0.455. The molecule has 0 saturated heterocycles. The highest BCUT2D eigenvalue weighted by molar-refractivity contribution is 14.1. The van der Waals surface area contributed by atoms with Gasteiger partial charge in [-0.05, 0) is 30.5 Å². The van der Waals surface area contributed by atoms with Gasteiger partial charge in [-0.3, -0.25) is 0 Å². The number of halogens is 2. The fourth-order valence-electron chi connectivity index (χ4n) is 1.32. The van der Waals surface area contributed by atoms with E-state index in [1.165, 1.54) is 25.0 Å². The maximum Gasteiger partial charge on any atom is 0.123 e. The van der Waals surface area contributed by atoms with E-state index in [1.807, 2.05) is 0 Å². The summed E-state index contributed by atoms with van der Waals surface area (Å²) in [5.74, 6) is -0.188. The summed E-state index contributed by atoms with van der Waals surface area (Å²) in [4.78, 5) is 0. The van der Waals surface area contributed by atoms with Crippen LogP contribution in [0.2, 0.25) is 0 Å². The summed E-state index contributed by atoms with van der Waals surface area (Å²) in [5.41, 5.74) is 1.08. The number of benzene rings is 1. The van der Waals surface area contributed by atoms with Crippen LogP contribution in [0.25, 0.3) is 0 Å². The predicted octanol–water partition coefficient (Wildman–Crippen LogP) is 3.48. The van der Waals surface area contributed by atoms with E-state index in [-0.39, 0.29) is 11.9 Å². The Kier molecular flexibility index (Phi) is 3.38. The molecule has 0 aliphatic heterocycles. The van der Waals surface area contributed by atoms with Crippen molar-refractivity contribution in [2.75, 3.05) is 4.43 Å². The monoisotopic (exact) mass is 306 g/mol. The molecule has 1 aromatic carbocycles. The first-order valence-corrected chi connectivity index (χ1v) is 6.29. The van der Waals surface area contributed by atoms with E-state index in [1.54, 1.807) is 12.1 Å². The lowest BCUT2D eigenvalue weighted by Gasteiger charge is -2.15. The van der Waals surface area contributed by atoms with Gasteiger partial charge in [-0.25, -0.2) is 4.39 Å². The van der Waals surface area contributed by atoms with Crippen molar-refractivity contribution in [2.24, 2.45) is 0 Å². The van der Waals surface area contributed by atoms with Gasteiger partial charge in [-0.1, -0.05) is 34.7 Å². The molecule has 0 N–H and O–H groups in total. The quantitative estimate of drug-likeness (QED) is 0.611. The maximum absolute atomic E-state index is 12.7. The van der Waals surface area contributed by atoms with Gasteiger partial charge in [0.2, 0.25) is 0 Å². The zero-order valence-corrected chi connectivity index (χ0v) is 9.91. The van der Waals surface area contributed by atoms with Crippen molar-refractivity contribution in [1.82, 2.24) is 0 Å². The van der Waals surface area contributed by atoms with Crippen molar-refractivity contribution in [2.45, 2.75) is 25.0 Å². The van der Waals surface area contributed by atoms with Gasteiger partial charge in [-0.15, -0.1) is 0 Å². The minimum absolute atomic E-state index is 0.128. The maximum atomic E-state index is 12.7. The molecule has 1 fully saturated rings. The topological polar surface area (TPSA) is 9.23 Å². The van der Waals surface area contributed by atoms with Crippen LogP contribution in [-0.4, -0.2) is 10.5 Å². The Bertz CT molecular complexity index is 295. The molecule has 0 spiro atoms. The smallest absolute Gasteiger partial charge is 0.123 e. The minimum atomic E-state index is -0.188. The molecule has 3 heteroatoms. The van der Waals surface area contributed by atoms with Crippen molar-refractivity contribution in [3.05, 3.63) is 35.6 Å². The van der Waals surface area contributed by atoms with Gasteiger partial charge in [0.15, 0.2) is 0 Å². The lowest BCUT2D eigenvalue weighted by atomic mass is 10.1. The highest BCUT2D eigenvalue weighted by atomic mass is 127. The molecule has 1 unspecified atom stereocenters. The third kappa shape index (κ3) is 2.67. The molecular formula is C11H12FIO. The van der Waals surface area contributed by atoms with E-state index in [4.69, 9.17) is 4.74 Å². The van der Waals surface area contributed by atoms with Crippen LogP contribution in [0, 0.1) is 5.82 Å². The molecule has 1 saturated carbocycles. The first-order valence-electron chi connectivity index (χ1n) is 4.76. The van der Waals surface area contributed by atoms with Crippen LogP contribution in [0.4, 0.5) is 4.39 Å². The average Bonchev–Trinajstić information content (AvgIpc) is 3.00. The Labute approximate surface area is 96.8 Å². The number of hydrogen-bond acceptors (Lipinski definition) is 1. The Hall–Kier alpha value is -0.160. The number of hydrogen-bond donors (Lipinski definition) is 0. The summed E-state index contributed by atoms with van der Waals surface area (Å²) in [6.45, 7) is 0. The van der Waals surface area contributed by atoms with Crippen LogP contribution < -0.4 is 0 Å². The van der Waals surface area contributed by atoms with E-state index < -0.39 is 0 Å². The van der Waals surface area contributed by atoms with E-state index in [0.29, 0.717) is 6.10 Å². The minimum Gasteiger partial charge on any atom is -0.369 e. The zero-order chi connectivity index (χ0) is 9.97. The van der Waals surface area contributed by atoms with E-state index >= 15 is 0 Å². The number of ether oxygens (including phenoxy) is 1. The third-order valence-corrected chi connectivity index (χ3v) is 3.06. The molecule has 1 nitrogen and oxygen atoms in total. The van der Waals surface area contributed by atoms with Crippen LogP contribution in [0.15, 0.2) is 24.3 Å². The van der Waals surface area contributed by atoms with Gasteiger partial charge in [0.05, 0.1) is 12.2 Å². The summed E-state index contributed by atoms with van der Waals surface area (Å²) >= 11 is 2.30. The standard InChI is InChI=1S/C11H12FIO/c12-9-3-1-8(2-4-9)11(7-13)14-10-5-6-10/h1-4,10-11H,5-7H2. The Morgan fingerprint density at radius 1 is 1.36 bits per heavy atom. The molecule has 2 rings (SSSR count). The van der Waals surface area contributed by atoms with Gasteiger partial charge in [0.1, 0.15) is 5.82 Å². The molecule has 14 heavy (non-hydrogen) atoms. The lowest BCUT2D eigenvalue weighted by molar-refractivity contribution is 0.0570. The zero-order valence-electron chi connectivity index (χ0n) is 7.75. The summed E-state index contributed by atoms with van der Waals surface area (Å²) in [6.07, 6.45) is 2.92. The SMILES string of the molecule is Fc1ccc(C(CI)OC2CC2)cc1. The Morgan fingerprint density at radius 3 is 2.50 bits per heavy atom. The second-order valence-corrected chi connectivity index (χ2v) is 4.41. The Morgan fingerprint density at radius 2 is 2.00 bits per heavy atom. The summed E-state index contributed by atoms with van der Waals surface area (Å²) < 4.78 is 19.4. The summed E-state index contributed by atoms with van der Waals surface area (Å²) in [6, 6.07) is 6.60. The number of rotatable bonds is 4. The van der Waals surface area contributed by atoms with Crippen LogP contribution in [-0.2, 0) is 4.74 Å². The van der Waals surface area contributed by atoms with E-state index in [2.05, 4.69) is 22.6 Å². The van der Waals surface area contributed by atoms with Gasteiger partial charge < -0.3 is 4.74 Å². The van der Waals surface area contributed by atoms with Crippen molar-refractivity contribution < 1.29 is 9.13 Å². The highest BCUT2D eigenvalue weighted by Crippen LogP contribution is 2.31. The summed E-state index contributed by atoms with van der Waals surface area (Å²) in [5, 5.41) is 0. The molecule has 1 aromatic rings. The molecule has 0 heterocycles. The van der Waals surface area contributed by atoms with Crippen molar-refractivity contribution in [1.29, 1.82) is 0 Å². The largest absolute Gasteiger partial charge is 0.369 e. The Balaban J connectivity index is 2.05. The van der Waals surface area contributed by atoms with Crippen LogP contribution >= 0.6 is 22.6 Å². The molecule has 0 radical (unpaired) electrons. The van der Waals surface area contributed by atoms with Crippen LogP contribution in [0.1, 0.15) is 24.5 Å². The van der Waals surface area contributed by atoms with Gasteiger partial charge in [0.25, 0.3) is 0 Å². The first kappa shape index (κ1) is 10.4. The van der Waals surface area contributed by atoms with Crippen molar-refractivity contribution >= 4 is 22.6 Å². The molecule has 76 valence electrons. The molecule has 1 aliphatic rings. The molecule has 0 bridgehead atoms. The van der Waals surface area contributed by atoms with Crippen molar-refractivity contribution in [3.63, 3.8) is 0 Å².